The molecule has 0 aliphatic rings. The SMILES string of the molecule is c1ccc(CCc2ccc(Oc3ccc(CCc4ccccc4)cc3)cc2)cc1. The summed E-state index contributed by atoms with van der Waals surface area (Å²) in [5.41, 5.74) is 5.41. The lowest BCUT2D eigenvalue weighted by molar-refractivity contribution is 0.482. The second-order valence-corrected chi connectivity index (χ2v) is 7.36. The van der Waals surface area contributed by atoms with Gasteiger partial charge in [-0.05, 0) is 72.2 Å². The van der Waals surface area contributed by atoms with Crippen molar-refractivity contribution in [3.05, 3.63) is 131 Å². The van der Waals surface area contributed by atoms with E-state index in [2.05, 4.69) is 109 Å². The fourth-order valence-electron chi connectivity index (χ4n) is 3.45. The van der Waals surface area contributed by atoms with E-state index in [9.17, 15) is 0 Å². The molecule has 1 heteroatoms. The van der Waals surface area contributed by atoms with Crippen LogP contribution < -0.4 is 4.74 Å². The molecule has 0 unspecified atom stereocenters. The molecule has 0 bridgehead atoms. The summed E-state index contributed by atoms with van der Waals surface area (Å²) < 4.78 is 6.01. The summed E-state index contributed by atoms with van der Waals surface area (Å²) in [5.74, 6) is 1.76. The van der Waals surface area contributed by atoms with Crippen LogP contribution in [0.3, 0.4) is 0 Å². The third-order valence-corrected chi connectivity index (χ3v) is 5.17. The van der Waals surface area contributed by atoms with Crippen molar-refractivity contribution < 1.29 is 4.74 Å². The van der Waals surface area contributed by atoms with Crippen molar-refractivity contribution >= 4 is 0 Å². The van der Waals surface area contributed by atoms with Gasteiger partial charge in [0.25, 0.3) is 0 Å². The summed E-state index contributed by atoms with van der Waals surface area (Å²) in [6.45, 7) is 0. The van der Waals surface area contributed by atoms with Crippen molar-refractivity contribution in [1.82, 2.24) is 0 Å². The number of ether oxygens (including phenoxy) is 1. The molecule has 4 aromatic rings. The molecular weight excluding hydrogens is 352 g/mol. The minimum Gasteiger partial charge on any atom is -0.457 e. The molecular formula is C28H26O. The summed E-state index contributed by atoms with van der Waals surface area (Å²) >= 11 is 0. The quantitative estimate of drug-likeness (QED) is 0.319. The van der Waals surface area contributed by atoms with Crippen LogP contribution in [-0.4, -0.2) is 0 Å². The zero-order valence-corrected chi connectivity index (χ0v) is 16.6. The summed E-state index contributed by atoms with van der Waals surface area (Å²) in [6, 6.07) is 38.1. The van der Waals surface area contributed by atoms with E-state index in [-0.39, 0.29) is 0 Å². The van der Waals surface area contributed by atoms with Gasteiger partial charge in [0.05, 0.1) is 0 Å². The van der Waals surface area contributed by atoms with E-state index >= 15 is 0 Å². The van der Waals surface area contributed by atoms with E-state index in [1.807, 2.05) is 0 Å². The Hall–Kier alpha value is -3.32. The Bertz CT molecular complexity index is 903. The lowest BCUT2D eigenvalue weighted by atomic mass is 10.0. The molecule has 29 heavy (non-hydrogen) atoms. The highest BCUT2D eigenvalue weighted by Gasteiger charge is 2.01. The third kappa shape index (κ3) is 5.83. The summed E-state index contributed by atoms with van der Waals surface area (Å²) in [4.78, 5) is 0. The van der Waals surface area contributed by atoms with Crippen molar-refractivity contribution in [2.75, 3.05) is 0 Å². The predicted molar refractivity (Wildman–Crippen MR) is 121 cm³/mol. The molecule has 0 aromatic heterocycles. The lowest BCUT2D eigenvalue weighted by Crippen LogP contribution is -1.92. The Kier molecular flexibility index (Phi) is 6.39. The van der Waals surface area contributed by atoms with E-state index in [0.717, 1.165) is 37.2 Å². The summed E-state index contributed by atoms with van der Waals surface area (Å²) in [7, 11) is 0. The minimum absolute atomic E-state index is 0.880. The molecule has 0 fully saturated rings. The van der Waals surface area contributed by atoms with Gasteiger partial charge >= 0.3 is 0 Å². The summed E-state index contributed by atoms with van der Waals surface area (Å²) in [6.07, 6.45) is 4.21. The largest absolute Gasteiger partial charge is 0.457 e. The summed E-state index contributed by atoms with van der Waals surface area (Å²) in [5, 5.41) is 0. The second-order valence-electron chi connectivity index (χ2n) is 7.36. The van der Waals surface area contributed by atoms with E-state index in [1.54, 1.807) is 0 Å². The average Bonchev–Trinajstić information content (AvgIpc) is 2.80. The zero-order valence-electron chi connectivity index (χ0n) is 16.6. The minimum atomic E-state index is 0.880. The topological polar surface area (TPSA) is 9.23 Å². The van der Waals surface area contributed by atoms with Crippen LogP contribution >= 0.6 is 0 Å². The maximum atomic E-state index is 6.01. The lowest BCUT2D eigenvalue weighted by Gasteiger charge is -2.08. The number of aryl methyl sites for hydroxylation is 4. The number of rotatable bonds is 8. The molecule has 0 saturated heterocycles. The van der Waals surface area contributed by atoms with Crippen LogP contribution in [0.5, 0.6) is 11.5 Å². The maximum absolute atomic E-state index is 6.01. The first-order valence-corrected chi connectivity index (χ1v) is 10.3. The smallest absolute Gasteiger partial charge is 0.127 e. The van der Waals surface area contributed by atoms with E-state index in [0.29, 0.717) is 0 Å². The predicted octanol–water partition coefficient (Wildman–Crippen LogP) is 7.05. The van der Waals surface area contributed by atoms with Crippen molar-refractivity contribution in [2.45, 2.75) is 25.7 Å². The number of benzene rings is 4. The van der Waals surface area contributed by atoms with Crippen LogP contribution in [0.4, 0.5) is 0 Å². The molecule has 0 spiro atoms. The molecule has 0 radical (unpaired) electrons. The van der Waals surface area contributed by atoms with Crippen molar-refractivity contribution in [2.24, 2.45) is 0 Å². The van der Waals surface area contributed by atoms with Crippen LogP contribution in [0.25, 0.3) is 0 Å². The molecule has 144 valence electrons. The fourth-order valence-corrected chi connectivity index (χ4v) is 3.45. The van der Waals surface area contributed by atoms with Gasteiger partial charge in [-0.1, -0.05) is 84.9 Å². The van der Waals surface area contributed by atoms with Gasteiger partial charge in [0.15, 0.2) is 0 Å². The molecule has 0 aliphatic heterocycles. The molecule has 0 heterocycles. The Morgan fingerprint density at radius 2 is 0.655 bits per heavy atom. The van der Waals surface area contributed by atoms with Gasteiger partial charge in [0.2, 0.25) is 0 Å². The first-order chi connectivity index (χ1) is 14.3. The van der Waals surface area contributed by atoms with Crippen molar-refractivity contribution in [3.8, 4) is 11.5 Å². The molecule has 0 N–H and O–H groups in total. The van der Waals surface area contributed by atoms with E-state index in [4.69, 9.17) is 4.74 Å². The monoisotopic (exact) mass is 378 g/mol. The highest BCUT2D eigenvalue weighted by molar-refractivity contribution is 5.35. The zero-order chi connectivity index (χ0) is 19.7. The molecule has 0 atom stereocenters. The molecule has 4 aromatic carbocycles. The second kappa shape index (κ2) is 9.75. The van der Waals surface area contributed by atoms with Crippen molar-refractivity contribution in [3.63, 3.8) is 0 Å². The molecule has 0 amide bonds. The normalized spacial score (nSPS) is 10.6. The van der Waals surface area contributed by atoms with Crippen molar-refractivity contribution in [1.29, 1.82) is 0 Å². The van der Waals surface area contributed by atoms with Gasteiger partial charge in [-0.3, -0.25) is 0 Å². The van der Waals surface area contributed by atoms with Crippen LogP contribution in [-0.2, 0) is 25.7 Å². The Balaban J connectivity index is 1.28. The molecule has 0 saturated carbocycles. The average molecular weight is 379 g/mol. The van der Waals surface area contributed by atoms with Gasteiger partial charge in [-0.15, -0.1) is 0 Å². The number of hydrogen-bond acceptors (Lipinski definition) is 1. The van der Waals surface area contributed by atoms with Crippen LogP contribution in [0, 0.1) is 0 Å². The molecule has 4 rings (SSSR count). The van der Waals surface area contributed by atoms with Gasteiger partial charge in [0.1, 0.15) is 11.5 Å². The standard InChI is InChI=1S/C28H26O/c1-3-7-23(8-4-1)11-13-25-15-19-27(20-16-25)29-28-21-17-26(18-22-28)14-12-24-9-5-2-6-10-24/h1-10,15-22H,11-14H2. The maximum Gasteiger partial charge on any atom is 0.127 e. The molecule has 1 nitrogen and oxygen atoms in total. The van der Waals surface area contributed by atoms with E-state index in [1.165, 1.54) is 22.3 Å². The van der Waals surface area contributed by atoms with Gasteiger partial charge in [-0.2, -0.15) is 0 Å². The Morgan fingerprint density at radius 1 is 0.345 bits per heavy atom. The third-order valence-electron chi connectivity index (χ3n) is 5.17. The highest BCUT2D eigenvalue weighted by atomic mass is 16.5. The van der Waals surface area contributed by atoms with Crippen LogP contribution in [0.1, 0.15) is 22.3 Å². The van der Waals surface area contributed by atoms with Gasteiger partial charge in [0, 0.05) is 0 Å². The molecule has 0 aliphatic carbocycles. The van der Waals surface area contributed by atoms with Gasteiger partial charge < -0.3 is 4.74 Å². The van der Waals surface area contributed by atoms with Crippen LogP contribution in [0.15, 0.2) is 109 Å². The van der Waals surface area contributed by atoms with Gasteiger partial charge in [-0.25, -0.2) is 0 Å². The van der Waals surface area contributed by atoms with E-state index < -0.39 is 0 Å². The number of hydrogen-bond donors (Lipinski definition) is 0. The highest BCUT2D eigenvalue weighted by Crippen LogP contribution is 2.23. The van der Waals surface area contributed by atoms with Crippen LogP contribution in [0.2, 0.25) is 0 Å². The Morgan fingerprint density at radius 3 is 1.00 bits per heavy atom. The first-order valence-electron chi connectivity index (χ1n) is 10.3. The Labute approximate surface area is 173 Å². The fraction of sp³-hybridized carbons (Fsp3) is 0.143. The first kappa shape index (κ1) is 19.0.